The molecule has 0 spiro atoms. The first-order valence-electron chi connectivity index (χ1n) is 9.12. The van der Waals surface area contributed by atoms with Gasteiger partial charge in [-0.05, 0) is 52.8 Å². The molecule has 0 aromatic heterocycles. The van der Waals surface area contributed by atoms with Crippen molar-refractivity contribution in [2.75, 3.05) is 19.7 Å². The maximum absolute atomic E-state index is 12.9. The second-order valence-corrected chi connectivity index (χ2v) is 9.92. The van der Waals surface area contributed by atoms with Gasteiger partial charge in [0.2, 0.25) is 10.0 Å². The minimum atomic E-state index is -3.77. The quantitative estimate of drug-likeness (QED) is 0.737. The zero-order valence-corrected chi connectivity index (χ0v) is 17.7. The molecule has 156 valence electrons. The standard InChI is InChI=1S/C19H28N2O6S/c1-13-10-21(11-14(2)27-13)28(24,25)16-8-6-7-15(9-16)18(23)26-12-17(22)20-19(3,4)5/h6-9,13-14H,10-12H2,1-5H3,(H,20,22). The van der Waals surface area contributed by atoms with Gasteiger partial charge in [0.05, 0.1) is 22.7 Å². The number of hydrogen-bond acceptors (Lipinski definition) is 6. The number of morpholine rings is 1. The number of carbonyl (C=O) groups excluding carboxylic acids is 2. The zero-order chi connectivity index (χ0) is 21.1. The van der Waals surface area contributed by atoms with Crippen LogP contribution in [-0.2, 0) is 24.3 Å². The molecule has 0 saturated carbocycles. The van der Waals surface area contributed by atoms with Gasteiger partial charge in [-0.1, -0.05) is 6.07 Å². The van der Waals surface area contributed by atoms with E-state index in [1.165, 1.54) is 28.6 Å². The number of ether oxygens (including phenoxy) is 2. The van der Waals surface area contributed by atoms with Crippen LogP contribution in [-0.4, -0.2) is 62.0 Å². The van der Waals surface area contributed by atoms with Gasteiger partial charge in [-0.25, -0.2) is 13.2 Å². The normalized spacial score (nSPS) is 21.2. The summed E-state index contributed by atoms with van der Waals surface area (Å²) in [7, 11) is -3.77. The van der Waals surface area contributed by atoms with E-state index in [9.17, 15) is 18.0 Å². The summed E-state index contributed by atoms with van der Waals surface area (Å²) in [6, 6.07) is 5.63. The molecule has 8 nitrogen and oxygen atoms in total. The largest absolute Gasteiger partial charge is 0.452 e. The van der Waals surface area contributed by atoms with E-state index in [0.29, 0.717) is 0 Å². The lowest BCUT2D eigenvalue weighted by Gasteiger charge is -2.34. The van der Waals surface area contributed by atoms with Crippen LogP contribution in [0.3, 0.4) is 0 Å². The third-order valence-corrected chi connectivity index (χ3v) is 5.77. The molecule has 2 rings (SSSR count). The van der Waals surface area contributed by atoms with E-state index in [1.54, 1.807) is 0 Å². The highest BCUT2D eigenvalue weighted by Crippen LogP contribution is 2.22. The third kappa shape index (κ3) is 6.02. The lowest BCUT2D eigenvalue weighted by Crippen LogP contribution is -2.48. The maximum Gasteiger partial charge on any atom is 0.338 e. The Morgan fingerprint density at radius 3 is 2.39 bits per heavy atom. The number of esters is 1. The van der Waals surface area contributed by atoms with Crippen LogP contribution in [0.2, 0.25) is 0 Å². The first-order valence-corrected chi connectivity index (χ1v) is 10.6. The zero-order valence-electron chi connectivity index (χ0n) is 16.9. The predicted molar refractivity (Wildman–Crippen MR) is 103 cm³/mol. The Bertz CT molecular complexity index is 821. The van der Waals surface area contributed by atoms with E-state index in [4.69, 9.17) is 9.47 Å². The van der Waals surface area contributed by atoms with Crippen LogP contribution in [0.1, 0.15) is 45.0 Å². The highest BCUT2D eigenvalue weighted by molar-refractivity contribution is 7.89. The molecule has 28 heavy (non-hydrogen) atoms. The average Bonchev–Trinajstić information content (AvgIpc) is 2.57. The third-order valence-electron chi connectivity index (χ3n) is 3.94. The van der Waals surface area contributed by atoms with Gasteiger partial charge in [0, 0.05) is 18.6 Å². The van der Waals surface area contributed by atoms with Crippen LogP contribution in [0.25, 0.3) is 0 Å². The molecule has 1 amide bonds. The summed E-state index contributed by atoms with van der Waals surface area (Å²) in [5.41, 5.74) is -0.372. The summed E-state index contributed by atoms with van der Waals surface area (Å²) in [5, 5.41) is 2.68. The Hall–Kier alpha value is -1.97. The average molecular weight is 413 g/mol. The highest BCUT2D eigenvalue weighted by Gasteiger charge is 2.32. The smallest absolute Gasteiger partial charge is 0.338 e. The van der Waals surface area contributed by atoms with E-state index < -0.39 is 34.0 Å². The number of nitrogens with zero attached hydrogens (tertiary/aromatic N) is 1. The number of hydrogen-bond donors (Lipinski definition) is 1. The minimum Gasteiger partial charge on any atom is -0.452 e. The van der Waals surface area contributed by atoms with Gasteiger partial charge < -0.3 is 14.8 Å². The van der Waals surface area contributed by atoms with Crippen molar-refractivity contribution in [3.63, 3.8) is 0 Å². The summed E-state index contributed by atoms with van der Waals surface area (Å²) < 4.78 is 37.8. The van der Waals surface area contributed by atoms with E-state index >= 15 is 0 Å². The lowest BCUT2D eigenvalue weighted by atomic mass is 10.1. The van der Waals surface area contributed by atoms with Crippen LogP contribution < -0.4 is 5.32 Å². The van der Waals surface area contributed by atoms with Gasteiger partial charge >= 0.3 is 5.97 Å². The van der Waals surface area contributed by atoms with Crippen LogP contribution in [0, 0.1) is 0 Å². The van der Waals surface area contributed by atoms with Crippen molar-refractivity contribution in [3.05, 3.63) is 29.8 Å². The first kappa shape index (κ1) is 22.3. The molecule has 1 fully saturated rings. The van der Waals surface area contributed by atoms with Gasteiger partial charge in [-0.2, -0.15) is 4.31 Å². The predicted octanol–water partition coefficient (Wildman–Crippen LogP) is 1.56. The molecular formula is C19H28N2O6S. The first-order chi connectivity index (χ1) is 12.9. The summed E-state index contributed by atoms with van der Waals surface area (Å²) in [6.07, 6.45) is -0.430. The van der Waals surface area contributed by atoms with Gasteiger partial charge in [-0.3, -0.25) is 4.79 Å². The number of rotatable bonds is 5. The molecule has 0 radical (unpaired) electrons. The van der Waals surface area contributed by atoms with E-state index in [0.717, 1.165) is 0 Å². The SMILES string of the molecule is CC1CN(S(=O)(=O)c2cccc(C(=O)OCC(=O)NC(C)(C)C)c2)CC(C)O1. The molecule has 0 bridgehead atoms. The topological polar surface area (TPSA) is 102 Å². The van der Waals surface area contributed by atoms with Gasteiger partial charge in [0.1, 0.15) is 0 Å². The molecule has 1 aliphatic heterocycles. The Morgan fingerprint density at radius 2 is 1.82 bits per heavy atom. The molecule has 1 heterocycles. The fraction of sp³-hybridized carbons (Fsp3) is 0.579. The number of carbonyl (C=O) groups is 2. The summed E-state index contributed by atoms with van der Waals surface area (Å²) in [6.45, 7) is 9.12. The van der Waals surface area contributed by atoms with E-state index in [-0.39, 0.29) is 35.8 Å². The number of nitrogens with one attached hydrogen (secondary N) is 1. The Kier molecular flexibility index (Phi) is 6.84. The van der Waals surface area contributed by atoms with Crippen molar-refractivity contribution < 1.29 is 27.5 Å². The second kappa shape index (κ2) is 8.59. The van der Waals surface area contributed by atoms with Crippen molar-refractivity contribution in [2.45, 2.75) is 57.3 Å². The molecule has 2 atom stereocenters. The van der Waals surface area contributed by atoms with Crippen LogP contribution >= 0.6 is 0 Å². The van der Waals surface area contributed by atoms with Crippen molar-refractivity contribution in [1.82, 2.24) is 9.62 Å². The molecule has 0 aliphatic carbocycles. The number of benzene rings is 1. The highest BCUT2D eigenvalue weighted by atomic mass is 32.2. The van der Waals surface area contributed by atoms with Crippen molar-refractivity contribution in [2.24, 2.45) is 0 Å². The summed E-state index contributed by atoms with van der Waals surface area (Å²) in [5.74, 6) is -1.19. The van der Waals surface area contributed by atoms with Crippen LogP contribution in [0.4, 0.5) is 0 Å². The lowest BCUT2D eigenvalue weighted by molar-refractivity contribution is -0.125. The van der Waals surface area contributed by atoms with Crippen molar-refractivity contribution >= 4 is 21.9 Å². The van der Waals surface area contributed by atoms with Crippen LogP contribution in [0.5, 0.6) is 0 Å². The Morgan fingerprint density at radius 1 is 1.21 bits per heavy atom. The molecular weight excluding hydrogens is 384 g/mol. The number of sulfonamides is 1. The van der Waals surface area contributed by atoms with Gasteiger partial charge in [0.25, 0.3) is 5.91 Å². The summed E-state index contributed by atoms with van der Waals surface area (Å²) >= 11 is 0. The molecule has 1 saturated heterocycles. The molecule has 1 aliphatic rings. The van der Waals surface area contributed by atoms with Gasteiger partial charge in [0.15, 0.2) is 6.61 Å². The van der Waals surface area contributed by atoms with E-state index in [2.05, 4.69) is 5.32 Å². The fourth-order valence-corrected chi connectivity index (χ4v) is 4.57. The van der Waals surface area contributed by atoms with E-state index in [1.807, 2.05) is 34.6 Å². The Labute approximate surface area is 166 Å². The molecule has 1 N–H and O–H groups in total. The van der Waals surface area contributed by atoms with Crippen molar-refractivity contribution in [1.29, 1.82) is 0 Å². The monoisotopic (exact) mass is 412 g/mol. The van der Waals surface area contributed by atoms with Crippen molar-refractivity contribution in [3.8, 4) is 0 Å². The molecule has 9 heteroatoms. The Balaban J connectivity index is 2.10. The van der Waals surface area contributed by atoms with Crippen LogP contribution in [0.15, 0.2) is 29.2 Å². The van der Waals surface area contributed by atoms with Gasteiger partial charge in [-0.15, -0.1) is 0 Å². The maximum atomic E-state index is 12.9. The molecule has 1 aromatic rings. The summed E-state index contributed by atoms with van der Waals surface area (Å²) in [4.78, 5) is 24.0. The molecule has 1 aromatic carbocycles. The molecule has 2 unspecified atom stereocenters. The number of amides is 1. The fourth-order valence-electron chi connectivity index (χ4n) is 2.93. The second-order valence-electron chi connectivity index (χ2n) is 7.98. The minimum absolute atomic E-state index is 0.00222.